The molecule has 3 atom stereocenters. The minimum atomic E-state index is -0.636. The summed E-state index contributed by atoms with van der Waals surface area (Å²) >= 11 is 0. The number of fused-ring (bicyclic) bond motifs is 1. The van der Waals surface area contributed by atoms with Crippen LogP contribution in [0.4, 0.5) is 0 Å². The number of carbonyl (C=O) groups excluding carboxylic acids is 3. The predicted octanol–water partition coefficient (Wildman–Crippen LogP) is 2.21. The third kappa shape index (κ3) is 4.02. The second kappa shape index (κ2) is 8.28. The van der Waals surface area contributed by atoms with Crippen molar-refractivity contribution in [2.75, 3.05) is 26.2 Å². The third-order valence-electron chi connectivity index (χ3n) is 7.03. The summed E-state index contributed by atoms with van der Waals surface area (Å²) in [6.07, 6.45) is 3.55. The minimum Gasteiger partial charge on any atom is -0.485 e. The molecule has 1 spiro atoms. The largest absolute Gasteiger partial charge is 0.485 e. The van der Waals surface area contributed by atoms with Crippen LogP contribution in [0.2, 0.25) is 0 Å². The Balaban J connectivity index is 1.46. The van der Waals surface area contributed by atoms with Crippen LogP contribution in [-0.4, -0.2) is 65.3 Å². The summed E-state index contributed by atoms with van der Waals surface area (Å²) < 4.78 is 6.33. The molecule has 0 radical (unpaired) electrons. The molecule has 7 heteroatoms. The zero-order valence-electron chi connectivity index (χ0n) is 17.9. The average molecular weight is 414 g/mol. The maximum Gasteiger partial charge on any atom is 0.255 e. The van der Waals surface area contributed by atoms with Gasteiger partial charge in [0.25, 0.3) is 5.91 Å². The van der Waals surface area contributed by atoms with Crippen LogP contribution >= 0.6 is 0 Å². The first-order chi connectivity index (χ1) is 14.4. The van der Waals surface area contributed by atoms with Gasteiger partial charge in [0.1, 0.15) is 11.4 Å². The second-order valence-corrected chi connectivity index (χ2v) is 8.98. The number of likely N-dealkylation sites (tertiary alicyclic amines) is 2. The Hall–Kier alpha value is -2.57. The number of hydrogen-bond donors (Lipinski definition) is 1. The van der Waals surface area contributed by atoms with E-state index in [1.807, 2.05) is 17.0 Å². The number of nitrogens with one attached hydrogen (secondary N) is 1. The zero-order chi connectivity index (χ0) is 21.3. The Labute approximate surface area is 177 Å². The van der Waals surface area contributed by atoms with Gasteiger partial charge in [0.2, 0.25) is 11.8 Å². The van der Waals surface area contributed by atoms with Crippen LogP contribution in [0.3, 0.4) is 0 Å². The van der Waals surface area contributed by atoms with Crippen molar-refractivity contribution < 1.29 is 19.1 Å². The highest BCUT2D eigenvalue weighted by Gasteiger charge is 2.41. The molecule has 3 aliphatic heterocycles. The quantitative estimate of drug-likeness (QED) is 0.806. The highest BCUT2D eigenvalue weighted by molar-refractivity contribution is 5.97. The fourth-order valence-corrected chi connectivity index (χ4v) is 4.82. The Morgan fingerprint density at radius 2 is 2.00 bits per heavy atom. The summed E-state index contributed by atoms with van der Waals surface area (Å²) in [6.45, 7) is 5.97. The molecular weight excluding hydrogens is 382 g/mol. The van der Waals surface area contributed by atoms with E-state index in [0.29, 0.717) is 49.6 Å². The lowest BCUT2D eigenvalue weighted by atomic mass is 9.92. The molecule has 3 amide bonds. The van der Waals surface area contributed by atoms with Gasteiger partial charge >= 0.3 is 0 Å². The molecule has 1 aromatic rings. The maximum atomic E-state index is 13.0. The Kier molecular flexibility index (Phi) is 5.71. The molecule has 1 N–H and O–H groups in total. The monoisotopic (exact) mass is 413 g/mol. The number of piperidine rings is 1. The molecule has 7 nitrogen and oxygen atoms in total. The van der Waals surface area contributed by atoms with Gasteiger partial charge in [-0.15, -0.1) is 0 Å². The van der Waals surface area contributed by atoms with E-state index in [0.717, 1.165) is 19.4 Å². The molecule has 0 saturated carbocycles. The van der Waals surface area contributed by atoms with Gasteiger partial charge in [-0.2, -0.15) is 0 Å². The maximum absolute atomic E-state index is 13.0. The first-order valence-corrected chi connectivity index (χ1v) is 11.0. The molecule has 1 aromatic carbocycles. The van der Waals surface area contributed by atoms with Crippen LogP contribution in [0, 0.1) is 5.92 Å². The van der Waals surface area contributed by atoms with Crippen LogP contribution in [0.5, 0.6) is 5.75 Å². The van der Waals surface area contributed by atoms with Crippen LogP contribution in [-0.2, 0) is 9.59 Å². The molecule has 162 valence electrons. The number of ether oxygens (including phenoxy) is 1. The van der Waals surface area contributed by atoms with Crippen molar-refractivity contribution in [3.63, 3.8) is 0 Å². The highest BCUT2D eigenvalue weighted by atomic mass is 16.5. The molecule has 3 heterocycles. The smallest absolute Gasteiger partial charge is 0.255 e. The van der Waals surface area contributed by atoms with Gasteiger partial charge < -0.3 is 19.9 Å². The summed E-state index contributed by atoms with van der Waals surface area (Å²) in [7, 11) is 0. The van der Waals surface area contributed by atoms with E-state index >= 15 is 0 Å². The molecule has 0 aliphatic carbocycles. The number of para-hydroxylation sites is 1. The summed E-state index contributed by atoms with van der Waals surface area (Å²) in [5.74, 6) is 0.886. The Morgan fingerprint density at radius 1 is 1.20 bits per heavy atom. The van der Waals surface area contributed by atoms with E-state index in [9.17, 15) is 14.4 Å². The number of carbonyl (C=O) groups is 3. The second-order valence-electron chi connectivity index (χ2n) is 8.98. The van der Waals surface area contributed by atoms with E-state index in [4.69, 9.17) is 4.74 Å². The zero-order valence-corrected chi connectivity index (χ0v) is 17.9. The highest BCUT2D eigenvalue weighted by Crippen LogP contribution is 2.33. The van der Waals surface area contributed by atoms with Crippen molar-refractivity contribution in [3.8, 4) is 5.75 Å². The van der Waals surface area contributed by atoms with E-state index in [2.05, 4.69) is 19.2 Å². The van der Waals surface area contributed by atoms with Crippen molar-refractivity contribution in [1.82, 2.24) is 15.1 Å². The van der Waals surface area contributed by atoms with E-state index < -0.39 is 5.60 Å². The van der Waals surface area contributed by atoms with Crippen molar-refractivity contribution in [2.45, 2.75) is 57.6 Å². The fraction of sp³-hybridized carbons (Fsp3) is 0.609. The normalized spacial score (nSPS) is 29.5. The first kappa shape index (κ1) is 20.7. The van der Waals surface area contributed by atoms with E-state index in [-0.39, 0.29) is 30.3 Å². The lowest BCUT2D eigenvalue weighted by Gasteiger charge is -2.39. The molecule has 0 bridgehead atoms. The summed E-state index contributed by atoms with van der Waals surface area (Å²) in [5, 5.41) is 2.95. The van der Waals surface area contributed by atoms with Crippen LogP contribution in [0.1, 0.15) is 56.3 Å². The van der Waals surface area contributed by atoms with Gasteiger partial charge in [0.05, 0.1) is 18.7 Å². The number of amides is 3. The lowest BCUT2D eigenvalue weighted by Crippen LogP contribution is -2.50. The van der Waals surface area contributed by atoms with Crippen LogP contribution < -0.4 is 10.1 Å². The number of benzene rings is 1. The molecule has 2 fully saturated rings. The average Bonchev–Trinajstić information content (AvgIpc) is 2.98. The standard InChI is InChI=1S/C23H31N3O4/c1-16-6-5-12-26(17(16)2)21(28)14-25-13-11-23(10-9-20(25)27)15-24-22(29)18-7-3-4-8-19(18)30-23/h3-4,7-8,16-17H,5-6,9-15H2,1-2H3,(H,24,29). The van der Waals surface area contributed by atoms with E-state index in [1.165, 1.54) is 0 Å². The summed E-state index contributed by atoms with van der Waals surface area (Å²) in [5.41, 5.74) is -0.118. The molecule has 2 saturated heterocycles. The van der Waals surface area contributed by atoms with Crippen molar-refractivity contribution in [2.24, 2.45) is 5.92 Å². The number of hydrogen-bond acceptors (Lipinski definition) is 4. The molecule has 0 aromatic heterocycles. The van der Waals surface area contributed by atoms with Crippen LogP contribution in [0.15, 0.2) is 24.3 Å². The van der Waals surface area contributed by atoms with E-state index in [1.54, 1.807) is 17.0 Å². The molecule has 3 aliphatic rings. The van der Waals surface area contributed by atoms with Gasteiger partial charge in [-0.1, -0.05) is 19.1 Å². The molecular formula is C23H31N3O4. The van der Waals surface area contributed by atoms with Gasteiger partial charge in [-0.05, 0) is 44.2 Å². The number of nitrogens with zero attached hydrogens (tertiary/aromatic N) is 2. The SMILES string of the molecule is CC1CCCN(C(=O)CN2CCC3(CCC2=O)CNC(=O)c2ccccc2O3)C1C. The topological polar surface area (TPSA) is 79.0 Å². The third-order valence-corrected chi connectivity index (χ3v) is 7.03. The molecule has 4 rings (SSSR count). The van der Waals surface area contributed by atoms with Crippen molar-refractivity contribution in [1.29, 1.82) is 0 Å². The van der Waals surface area contributed by atoms with Gasteiger partial charge in [0.15, 0.2) is 0 Å². The van der Waals surface area contributed by atoms with Gasteiger partial charge in [-0.3, -0.25) is 14.4 Å². The molecule has 3 unspecified atom stereocenters. The van der Waals surface area contributed by atoms with Gasteiger partial charge in [-0.25, -0.2) is 0 Å². The molecule has 30 heavy (non-hydrogen) atoms. The fourth-order valence-electron chi connectivity index (χ4n) is 4.82. The van der Waals surface area contributed by atoms with Gasteiger partial charge in [0, 0.05) is 32.0 Å². The Morgan fingerprint density at radius 3 is 2.83 bits per heavy atom. The lowest BCUT2D eigenvalue weighted by molar-refractivity contribution is -0.143. The minimum absolute atomic E-state index is 0.0228. The Bertz CT molecular complexity index is 841. The number of rotatable bonds is 2. The van der Waals surface area contributed by atoms with Crippen LogP contribution in [0.25, 0.3) is 0 Å². The van der Waals surface area contributed by atoms with Crippen molar-refractivity contribution in [3.05, 3.63) is 29.8 Å². The first-order valence-electron chi connectivity index (χ1n) is 11.0. The summed E-state index contributed by atoms with van der Waals surface area (Å²) in [6, 6.07) is 7.41. The summed E-state index contributed by atoms with van der Waals surface area (Å²) in [4.78, 5) is 41.8. The van der Waals surface area contributed by atoms with Crippen molar-refractivity contribution >= 4 is 17.7 Å². The predicted molar refractivity (Wildman–Crippen MR) is 112 cm³/mol.